The van der Waals surface area contributed by atoms with Crippen molar-refractivity contribution >= 4 is 28.4 Å². The summed E-state index contributed by atoms with van der Waals surface area (Å²) in [5.41, 5.74) is 2.18. The Bertz CT molecular complexity index is 700. The molecule has 0 unspecified atom stereocenters. The third-order valence-corrected chi connectivity index (χ3v) is 4.27. The van der Waals surface area contributed by atoms with Crippen molar-refractivity contribution in [1.82, 2.24) is 15.2 Å². The van der Waals surface area contributed by atoms with E-state index >= 15 is 0 Å². The minimum atomic E-state index is -0.0864. The highest BCUT2D eigenvalue weighted by molar-refractivity contribution is 6.31. The van der Waals surface area contributed by atoms with E-state index in [9.17, 15) is 4.79 Å². The molecule has 1 aromatic heterocycles. The van der Waals surface area contributed by atoms with Crippen molar-refractivity contribution in [3.8, 4) is 0 Å². The molecule has 1 heterocycles. The van der Waals surface area contributed by atoms with Gasteiger partial charge in [-0.2, -0.15) is 0 Å². The lowest BCUT2D eigenvalue weighted by Gasteiger charge is -2.24. The van der Waals surface area contributed by atoms with Gasteiger partial charge in [-0.25, -0.2) is 0 Å². The van der Waals surface area contributed by atoms with E-state index < -0.39 is 0 Å². The standard InChI is InChI=1S/C18H24ClN3O/c1-5-22(12(2)3)9-8-20-18(23)16-11-14-10-15(19)6-7-17(14)21-13(16)4/h6-7,10-12H,5,8-9H2,1-4H3,(H,20,23). The Balaban J connectivity index is 2.10. The summed E-state index contributed by atoms with van der Waals surface area (Å²) >= 11 is 6.02. The predicted octanol–water partition coefficient (Wildman–Crippen LogP) is 3.66. The quantitative estimate of drug-likeness (QED) is 0.877. The van der Waals surface area contributed by atoms with Gasteiger partial charge in [0.2, 0.25) is 0 Å². The number of benzene rings is 1. The lowest BCUT2D eigenvalue weighted by molar-refractivity contribution is 0.0945. The zero-order valence-corrected chi connectivity index (χ0v) is 14.9. The van der Waals surface area contributed by atoms with Crippen LogP contribution in [0, 0.1) is 6.92 Å². The molecule has 0 saturated carbocycles. The van der Waals surface area contributed by atoms with Gasteiger partial charge < -0.3 is 5.32 Å². The lowest BCUT2D eigenvalue weighted by Crippen LogP contribution is -2.38. The summed E-state index contributed by atoms with van der Waals surface area (Å²) in [6.07, 6.45) is 0. The number of nitrogens with one attached hydrogen (secondary N) is 1. The first-order valence-corrected chi connectivity index (χ1v) is 8.39. The van der Waals surface area contributed by atoms with Gasteiger partial charge in [0.05, 0.1) is 16.8 Å². The van der Waals surface area contributed by atoms with Gasteiger partial charge in [-0.1, -0.05) is 18.5 Å². The fourth-order valence-electron chi connectivity index (χ4n) is 2.66. The third-order valence-electron chi connectivity index (χ3n) is 4.03. The van der Waals surface area contributed by atoms with Crippen LogP contribution in [0.5, 0.6) is 0 Å². The number of halogens is 1. The van der Waals surface area contributed by atoms with E-state index in [0.29, 0.717) is 23.2 Å². The molecule has 0 spiro atoms. The van der Waals surface area contributed by atoms with Gasteiger partial charge in [0.1, 0.15) is 0 Å². The first-order valence-electron chi connectivity index (χ1n) is 8.01. The topological polar surface area (TPSA) is 45.2 Å². The molecule has 1 N–H and O–H groups in total. The summed E-state index contributed by atoms with van der Waals surface area (Å²) in [6.45, 7) is 10.7. The lowest BCUT2D eigenvalue weighted by atomic mass is 10.1. The smallest absolute Gasteiger partial charge is 0.253 e. The molecule has 5 heteroatoms. The molecule has 0 fully saturated rings. The molecule has 23 heavy (non-hydrogen) atoms. The van der Waals surface area contributed by atoms with Crippen LogP contribution in [0.2, 0.25) is 5.02 Å². The van der Waals surface area contributed by atoms with E-state index in [4.69, 9.17) is 11.6 Å². The number of rotatable bonds is 6. The maximum absolute atomic E-state index is 12.4. The summed E-state index contributed by atoms with van der Waals surface area (Å²) in [4.78, 5) is 19.2. The van der Waals surface area contributed by atoms with E-state index in [1.54, 1.807) is 6.07 Å². The maximum atomic E-state index is 12.4. The Kier molecular flexibility index (Phi) is 5.97. The molecule has 0 bridgehead atoms. The van der Waals surface area contributed by atoms with Crippen LogP contribution in [-0.2, 0) is 0 Å². The second-order valence-electron chi connectivity index (χ2n) is 5.94. The van der Waals surface area contributed by atoms with E-state index in [0.717, 1.165) is 29.7 Å². The summed E-state index contributed by atoms with van der Waals surface area (Å²) < 4.78 is 0. The fourth-order valence-corrected chi connectivity index (χ4v) is 2.84. The predicted molar refractivity (Wildman–Crippen MR) is 96.2 cm³/mol. The van der Waals surface area contributed by atoms with E-state index in [1.165, 1.54) is 0 Å². The molecular formula is C18H24ClN3O. The molecule has 2 rings (SSSR count). The van der Waals surface area contributed by atoms with Gasteiger partial charge in [-0.3, -0.25) is 14.7 Å². The highest BCUT2D eigenvalue weighted by atomic mass is 35.5. The number of aromatic nitrogens is 1. The maximum Gasteiger partial charge on any atom is 0.253 e. The van der Waals surface area contributed by atoms with E-state index in [-0.39, 0.29) is 5.91 Å². The molecule has 0 aliphatic carbocycles. The largest absolute Gasteiger partial charge is 0.351 e. The second-order valence-corrected chi connectivity index (χ2v) is 6.37. The zero-order chi connectivity index (χ0) is 17.0. The molecule has 1 aromatic carbocycles. The van der Waals surface area contributed by atoms with Crippen molar-refractivity contribution in [3.05, 3.63) is 40.5 Å². The van der Waals surface area contributed by atoms with Crippen molar-refractivity contribution in [2.75, 3.05) is 19.6 Å². The van der Waals surface area contributed by atoms with Crippen LogP contribution < -0.4 is 5.32 Å². The number of amides is 1. The number of fused-ring (bicyclic) bond motifs is 1. The minimum Gasteiger partial charge on any atom is -0.351 e. The Labute approximate surface area is 142 Å². The molecule has 124 valence electrons. The highest BCUT2D eigenvalue weighted by Crippen LogP contribution is 2.20. The number of hydrogen-bond donors (Lipinski definition) is 1. The monoisotopic (exact) mass is 333 g/mol. The van der Waals surface area contributed by atoms with Gasteiger partial charge >= 0.3 is 0 Å². The van der Waals surface area contributed by atoms with Crippen LogP contribution in [0.4, 0.5) is 0 Å². The van der Waals surface area contributed by atoms with Gasteiger partial charge in [0, 0.05) is 29.5 Å². The van der Waals surface area contributed by atoms with Crippen molar-refractivity contribution in [1.29, 1.82) is 0 Å². The summed E-state index contributed by atoms with van der Waals surface area (Å²) in [5.74, 6) is -0.0864. The average molecular weight is 334 g/mol. The third kappa shape index (κ3) is 4.43. The van der Waals surface area contributed by atoms with Crippen LogP contribution >= 0.6 is 11.6 Å². The summed E-state index contributed by atoms with van der Waals surface area (Å²) in [7, 11) is 0. The number of pyridine rings is 1. The molecule has 2 aromatic rings. The summed E-state index contributed by atoms with van der Waals surface area (Å²) in [5, 5.41) is 4.51. The normalized spacial score (nSPS) is 11.4. The van der Waals surface area contributed by atoms with E-state index in [2.05, 4.69) is 36.0 Å². The van der Waals surface area contributed by atoms with Crippen LogP contribution in [0.3, 0.4) is 0 Å². The van der Waals surface area contributed by atoms with Crippen LogP contribution in [0.25, 0.3) is 10.9 Å². The minimum absolute atomic E-state index is 0.0864. The molecule has 1 amide bonds. The highest BCUT2D eigenvalue weighted by Gasteiger charge is 2.13. The number of carbonyl (C=O) groups excluding carboxylic acids is 1. The zero-order valence-electron chi connectivity index (χ0n) is 14.2. The number of hydrogen-bond acceptors (Lipinski definition) is 3. The first kappa shape index (κ1) is 17.7. The number of aryl methyl sites for hydroxylation is 1. The molecule has 4 nitrogen and oxygen atoms in total. The first-order chi connectivity index (χ1) is 10.9. The Hall–Kier alpha value is -1.65. The number of carbonyl (C=O) groups is 1. The van der Waals surface area contributed by atoms with Gasteiger partial charge in [-0.15, -0.1) is 0 Å². The van der Waals surface area contributed by atoms with Crippen molar-refractivity contribution < 1.29 is 4.79 Å². The number of likely N-dealkylation sites (N-methyl/N-ethyl adjacent to an activating group) is 1. The van der Waals surface area contributed by atoms with Crippen LogP contribution in [-0.4, -0.2) is 41.5 Å². The molecular weight excluding hydrogens is 310 g/mol. The van der Waals surface area contributed by atoms with Crippen LogP contribution in [0.1, 0.15) is 36.8 Å². The number of nitrogens with zero attached hydrogens (tertiary/aromatic N) is 2. The molecule has 0 aliphatic rings. The van der Waals surface area contributed by atoms with Gasteiger partial charge in [-0.05, 0) is 51.6 Å². The van der Waals surface area contributed by atoms with Crippen molar-refractivity contribution in [2.45, 2.75) is 33.7 Å². The van der Waals surface area contributed by atoms with Crippen LogP contribution in [0.15, 0.2) is 24.3 Å². The Morgan fingerprint density at radius 3 is 2.74 bits per heavy atom. The Morgan fingerprint density at radius 2 is 2.09 bits per heavy atom. The molecule has 0 atom stereocenters. The summed E-state index contributed by atoms with van der Waals surface area (Å²) in [6, 6.07) is 7.84. The average Bonchev–Trinajstić information content (AvgIpc) is 2.50. The second kappa shape index (κ2) is 7.75. The van der Waals surface area contributed by atoms with Crippen molar-refractivity contribution in [2.24, 2.45) is 0 Å². The molecule has 0 aliphatic heterocycles. The molecule has 0 saturated heterocycles. The van der Waals surface area contributed by atoms with E-state index in [1.807, 2.05) is 25.1 Å². The van der Waals surface area contributed by atoms with Crippen molar-refractivity contribution in [3.63, 3.8) is 0 Å². The SMILES string of the molecule is CCN(CCNC(=O)c1cc2cc(Cl)ccc2nc1C)C(C)C. The Morgan fingerprint density at radius 1 is 1.35 bits per heavy atom. The van der Waals surface area contributed by atoms with Gasteiger partial charge in [0.25, 0.3) is 5.91 Å². The molecule has 0 radical (unpaired) electrons. The fraction of sp³-hybridized carbons (Fsp3) is 0.444. The van der Waals surface area contributed by atoms with Gasteiger partial charge in [0.15, 0.2) is 0 Å².